The normalized spacial score (nSPS) is 10.5. The van der Waals surface area contributed by atoms with Crippen LogP contribution in [0.3, 0.4) is 0 Å². The molecular formula is C12H13F2NO2Si. The van der Waals surface area contributed by atoms with Gasteiger partial charge in [0.15, 0.2) is 11.6 Å². The number of anilines is 1. The van der Waals surface area contributed by atoms with Crippen LogP contribution >= 0.6 is 0 Å². The molecule has 0 bridgehead atoms. The molecule has 18 heavy (non-hydrogen) atoms. The van der Waals surface area contributed by atoms with Crippen LogP contribution in [0.15, 0.2) is 12.1 Å². The van der Waals surface area contributed by atoms with Crippen LogP contribution in [0.1, 0.15) is 5.56 Å². The molecule has 0 radical (unpaired) electrons. The van der Waals surface area contributed by atoms with Gasteiger partial charge in [-0.3, -0.25) is 5.32 Å². The molecule has 2 N–H and O–H groups in total. The van der Waals surface area contributed by atoms with Crippen molar-refractivity contribution in [2.45, 2.75) is 19.6 Å². The Bertz CT molecular complexity index is 541. The van der Waals surface area contributed by atoms with Crippen LogP contribution in [0.4, 0.5) is 19.3 Å². The van der Waals surface area contributed by atoms with E-state index in [1.165, 1.54) is 0 Å². The van der Waals surface area contributed by atoms with Crippen molar-refractivity contribution in [2.75, 3.05) is 5.32 Å². The van der Waals surface area contributed by atoms with E-state index in [2.05, 4.69) is 11.5 Å². The molecule has 1 rings (SSSR count). The second-order valence-corrected chi connectivity index (χ2v) is 9.49. The van der Waals surface area contributed by atoms with E-state index in [0.717, 1.165) is 12.1 Å². The standard InChI is InChI=1S/C12H13F2NO2Si/c1-18(2,3)5-4-8-6-9(13)10(14)7-11(8)15-12(16)17/h6-7,15H,1-3H3,(H,16,17). The number of hydrogen-bond acceptors (Lipinski definition) is 1. The Balaban J connectivity index is 3.26. The molecular weight excluding hydrogens is 256 g/mol. The van der Waals surface area contributed by atoms with Crippen molar-refractivity contribution in [1.82, 2.24) is 0 Å². The molecule has 1 amide bonds. The lowest BCUT2D eigenvalue weighted by molar-refractivity contribution is 0.209. The molecule has 96 valence electrons. The van der Waals surface area contributed by atoms with Gasteiger partial charge in [-0.2, -0.15) is 0 Å². The topological polar surface area (TPSA) is 49.3 Å². The largest absolute Gasteiger partial charge is 0.465 e. The van der Waals surface area contributed by atoms with Gasteiger partial charge in [0.1, 0.15) is 8.07 Å². The Morgan fingerprint density at radius 3 is 2.33 bits per heavy atom. The van der Waals surface area contributed by atoms with Crippen molar-refractivity contribution in [3.8, 4) is 11.5 Å². The van der Waals surface area contributed by atoms with Crippen LogP contribution in [-0.4, -0.2) is 19.3 Å². The Hall–Kier alpha value is -1.87. The third-order valence-electron chi connectivity index (χ3n) is 1.87. The van der Waals surface area contributed by atoms with E-state index in [0.29, 0.717) is 0 Å². The third kappa shape index (κ3) is 4.18. The minimum Gasteiger partial charge on any atom is -0.465 e. The minimum atomic E-state index is -1.69. The van der Waals surface area contributed by atoms with Crippen molar-refractivity contribution in [1.29, 1.82) is 0 Å². The van der Waals surface area contributed by atoms with Gasteiger partial charge in [-0.1, -0.05) is 25.6 Å². The number of amides is 1. The molecule has 0 unspecified atom stereocenters. The number of carbonyl (C=O) groups is 1. The van der Waals surface area contributed by atoms with Crippen molar-refractivity contribution in [3.05, 3.63) is 29.3 Å². The molecule has 1 aromatic carbocycles. The van der Waals surface area contributed by atoms with Gasteiger partial charge in [-0.25, -0.2) is 13.6 Å². The van der Waals surface area contributed by atoms with Gasteiger partial charge in [0.25, 0.3) is 0 Å². The lowest BCUT2D eigenvalue weighted by atomic mass is 10.2. The molecule has 0 aliphatic carbocycles. The molecule has 0 fully saturated rings. The van der Waals surface area contributed by atoms with E-state index < -0.39 is 25.8 Å². The molecule has 3 nitrogen and oxygen atoms in total. The van der Waals surface area contributed by atoms with Crippen LogP contribution in [0, 0.1) is 23.1 Å². The molecule has 0 aliphatic rings. The first-order valence-electron chi connectivity index (χ1n) is 5.21. The fraction of sp³-hybridized carbons (Fsp3) is 0.250. The van der Waals surface area contributed by atoms with Gasteiger partial charge in [0.05, 0.1) is 11.3 Å². The predicted octanol–water partition coefficient (Wildman–Crippen LogP) is 3.28. The minimum absolute atomic E-state index is 0.0489. The summed E-state index contributed by atoms with van der Waals surface area (Å²) in [7, 11) is -1.69. The number of nitrogens with one attached hydrogen (secondary N) is 1. The number of halogens is 2. The zero-order chi connectivity index (χ0) is 13.9. The van der Waals surface area contributed by atoms with E-state index in [1.54, 1.807) is 0 Å². The van der Waals surface area contributed by atoms with Crippen LogP contribution in [-0.2, 0) is 0 Å². The third-order valence-corrected chi connectivity index (χ3v) is 2.75. The Morgan fingerprint density at radius 2 is 1.83 bits per heavy atom. The molecule has 0 aliphatic heterocycles. The average Bonchev–Trinajstić information content (AvgIpc) is 2.19. The van der Waals surface area contributed by atoms with E-state index in [4.69, 9.17) is 5.11 Å². The van der Waals surface area contributed by atoms with Gasteiger partial charge in [0.2, 0.25) is 0 Å². The van der Waals surface area contributed by atoms with Gasteiger partial charge >= 0.3 is 6.09 Å². The highest BCUT2D eigenvalue weighted by Gasteiger charge is 2.12. The highest BCUT2D eigenvalue weighted by Crippen LogP contribution is 2.19. The summed E-state index contributed by atoms with van der Waals surface area (Å²) in [5.74, 6) is 0.542. The van der Waals surface area contributed by atoms with Gasteiger partial charge < -0.3 is 5.11 Å². The molecule has 1 aromatic rings. The fourth-order valence-electron chi connectivity index (χ4n) is 1.12. The molecule has 0 saturated carbocycles. The summed E-state index contributed by atoms with van der Waals surface area (Å²) in [5.41, 5.74) is 3.05. The quantitative estimate of drug-likeness (QED) is 0.607. The number of carboxylic acid groups (broad SMARTS) is 1. The van der Waals surface area contributed by atoms with Crippen LogP contribution in [0.2, 0.25) is 19.6 Å². The summed E-state index contributed by atoms with van der Waals surface area (Å²) in [4.78, 5) is 10.6. The first kappa shape index (κ1) is 14.2. The van der Waals surface area contributed by atoms with Crippen molar-refractivity contribution in [2.24, 2.45) is 0 Å². The first-order chi connectivity index (χ1) is 8.19. The maximum atomic E-state index is 13.1. The summed E-state index contributed by atoms with van der Waals surface area (Å²) in [6.45, 7) is 5.97. The lowest BCUT2D eigenvalue weighted by Gasteiger charge is -2.07. The second-order valence-electron chi connectivity index (χ2n) is 4.74. The monoisotopic (exact) mass is 269 g/mol. The summed E-state index contributed by atoms with van der Waals surface area (Å²) in [5, 5.41) is 10.6. The van der Waals surface area contributed by atoms with E-state index >= 15 is 0 Å². The predicted molar refractivity (Wildman–Crippen MR) is 68.2 cm³/mol. The summed E-state index contributed by atoms with van der Waals surface area (Å²) < 4.78 is 26.1. The van der Waals surface area contributed by atoms with E-state index in [9.17, 15) is 13.6 Å². The highest BCUT2D eigenvalue weighted by atomic mass is 28.3. The smallest absolute Gasteiger partial charge is 0.409 e. The Morgan fingerprint density at radius 1 is 1.28 bits per heavy atom. The van der Waals surface area contributed by atoms with Gasteiger partial charge in [-0.15, -0.1) is 5.54 Å². The molecule has 0 atom stereocenters. The molecule has 6 heteroatoms. The number of rotatable bonds is 1. The lowest BCUT2D eigenvalue weighted by Crippen LogP contribution is -2.16. The van der Waals surface area contributed by atoms with Crippen LogP contribution in [0.25, 0.3) is 0 Å². The molecule has 0 aromatic heterocycles. The average molecular weight is 269 g/mol. The maximum Gasteiger partial charge on any atom is 0.409 e. The van der Waals surface area contributed by atoms with Crippen molar-refractivity contribution >= 4 is 19.9 Å². The number of benzene rings is 1. The number of hydrogen-bond donors (Lipinski definition) is 2. The molecule has 0 spiro atoms. The zero-order valence-electron chi connectivity index (χ0n) is 10.3. The Kier molecular flexibility index (Phi) is 4.09. The molecule has 0 saturated heterocycles. The summed E-state index contributed by atoms with van der Waals surface area (Å²) in [6, 6.07) is 1.69. The summed E-state index contributed by atoms with van der Waals surface area (Å²) in [6.07, 6.45) is -1.35. The SMILES string of the molecule is C[Si](C)(C)C#Cc1cc(F)c(F)cc1NC(=O)O. The van der Waals surface area contributed by atoms with Gasteiger partial charge in [-0.05, 0) is 6.07 Å². The molecule has 0 heterocycles. The van der Waals surface area contributed by atoms with E-state index in [1.807, 2.05) is 25.0 Å². The van der Waals surface area contributed by atoms with E-state index in [-0.39, 0.29) is 11.3 Å². The highest BCUT2D eigenvalue weighted by molar-refractivity contribution is 6.83. The van der Waals surface area contributed by atoms with Gasteiger partial charge in [0, 0.05) is 6.07 Å². The van der Waals surface area contributed by atoms with Crippen molar-refractivity contribution < 1.29 is 18.7 Å². The van der Waals surface area contributed by atoms with Crippen LogP contribution in [0.5, 0.6) is 0 Å². The fourth-order valence-corrected chi connectivity index (χ4v) is 1.63. The summed E-state index contributed by atoms with van der Waals surface area (Å²) >= 11 is 0. The maximum absolute atomic E-state index is 13.1. The first-order valence-corrected chi connectivity index (χ1v) is 8.71. The van der Waals surface area contributed by atoms with Crippen LogP contribution < -0.4 is 5.32 Å². The Labute approximate surface area is 105 Å². The second kappa shape index (κ2) is 5.19. The zero-order valence-corrected chi connectivity index (χ0v) is 11.3. The van der Waals surface area contributed by atoms with Crippen molar-refractivity contribution in [3.63, 3.8) is 0 Å².